The Kier molecular flexibility index (Phi) is 10.2. The maximum absolute atomic E-state index is 13.1. The van der Waals surface area contributed by atoms with Crippen LogP contribution in [-0.4, -0.2) is 43.2 Å². The van der Waals surface area contributed by atoms with Crippen LogP contribution in [0.2, 0.25) is 0 Å². The largest absolute Gasteiger partial charge is 0.489 e. The maximum Gasteiger partial charge on any atom is 0.123 e. The molecule has 3 rings (SSSR count). The van der Waals surface area contributed by atoms with Crippen molar-refractivity contribution < 1.29 is 9.13 Å². The van der Waals surface area contributed by atoms with Crippen molar-refractivity contribution in [2.75, 3.05) is 31.1 Å². The minimum Gasteiger partial charge on any atom is -0.489 e. The number of anilines is 1. The molecule has 0 spiro atoms. The minimum absolute atomic E-state index is 0.223. The van der Waals surface area contributed by atoms with E-state index in [9.17, 15) is 4.39 Å². The lowest BCUT2D eigenvalue weighted by Gasteiger charge is -2.41. The monoisotopic (exact) mass is 469 g/mol. The van der Waals surface area contributed by atoms with Gasteiger partial charge in [-0.2, -0.15) is 0 Å². The van der Waals surface area contributed by atoms with E-state index in [1.165, 1.54) is 37.1 Å². The lowest BCUT2D eigenvalue weighted by Crippen LogP contribution is -2.49. The average Bonchev–Trinajstić information content (AvgIpc) is 2.84. The van der Waals surface area contributed by atoms with Crippen LogP contribution in [0.1, 0.15) is 58.9 Å². The first-order valence-corrected chi connectivity index (χ1v) is 13.1. The summed E-state index contributed by atoms with van der Waals surface area (Å²) >= 11 is 0. The molecule has 4 nitrogen and oxygen atoms in total. The Morgan fingerprint density at radius 1 is 1.03 bits per heavy atom. The molecule has 1 saturated heterocycles. The Hall–Kier alpha value is -2.11. The summed E-state index contributed by atoms with van der Waals surface area (Å²) in [5, 5.41) is 0. The van der Waals surface area contributed by atoms with E-state index >= 15 is 0 Å². The van der Waals surface area contributed by atoms with Crippen LogP contribution < -0.4 is 15.4 Å². The van der Waals surface area contributed by atoms with Gasteiger partial charge in [-0.1, -0.05) is 46.2 Å². The van der Waals surface area contributed by atoms with E-state index in [1.54, 1.807) is 12.1 Å². The van der Waals surface area contributed by atoms with E-state index in [0.717, 1.165) is 43.9 Å². The highest BCUT2D eigenvalue weighted by Gasteiger charge is 2.26. The zero-order valence-corrected chi connectivity index (χ0v) is 21.6. The Morgan fingerprint density at radius 3 is 2.26 bits per heavy atom. The van der Waals surface area contributed by atoms with Gasteiger partial charge in [-0.25, -0.2) is 4.39 Å². The number of rotatable bonds is 12. The first kappa shape index (κ1) is 26.5. The quantitative estimate of drug-likeness (QED) is 0.408. The molecule has 0 radical (unpaired) electrons. The van der Waals surface area contributed by atoms with Gasteiger partial charge in [0.1, 0.15) is 18.2 Å². The molecule has 34 heavy (non-hydrogen) atoms. The number of hydrogen-bond donors (Lipinski definition) is 1. The zero-order valence-electron chi connectivity index (χ0n) is 21.6. The van der Waals surface area contributed by atoms with Crippen molar-refractivity contribution in [1.82, 2.24) is 4.90 Å². The first-order chi connectivity index (χ1) is 16.4. The molecule has 2 N–H and O–H groups in total. The number of benzene rings is 2. The van der Waals surface area contributed by atoms with Crippen molar-refractivity contribution in [2.45, 2.75) is 72.1 Å². The number of halogens is 1. The maximum atomic E-state index is 13.1. The highest BCUT2D eigenvalue weighted by molar-refractivity contribution is 5.50. The Balaban J connectivity index is 1.59. The number of nitrogens with two attached hydrogens (primary N) is 1. The fourth-order valence-electron chi connectivity index (χ4n) is 4.60. The Morgan fingerprint density at radius 2 is 1.68 bits per heavy atom. The van der Waals surface area contributed by atoms with E-state index in [0.29, 0.717) is 24.5 Å². The van der Waals surface area contributed by atoms with Crippen LogP contribution in [0.15, 0.2) is 48.5 Å². The topological polar surface area (TPSA) is 41.7 Å². The fraction of sp³-hybridized carbons (Fsp3) is 0.586. The lowest BCUT2D eigenvalue weighted by atomic mass is 9.97. The molecule has 1 fully saturated rings. The van der Waals surface area contributed by atoms with Crippen LogP contribution in [0.4, 0.5) is 10.1 Å². The molecule has 0 amide bonds. The summed E-state index contributed by atoms with van der Waals surface area (Å²) in [6, 6.07) is 15.8. The lowest BCUT2D eigenvalue weighted by molar-refractivity contribution is 0.183. The normalized spacial score (nSPS) is 17.0. The summed E-state index contributed by atoms with van der Waals surface area (Å²) in [5.41, 5.74) is 8.66. The molecule has 2 atom stereocenters. The second-order valence-electron chi connectivity index (χ2n) is 10.4. The van der Waals surface area contributed by atoms with Crippen LogP contribution in [-0.2, 0) is 6.61 Å². The van der Waals surface area contributed by atoms with Crippen LogP contribution in [0.5, 0.6) is 5.75 Å². The summed E-state index contributed by atoms with van der Waals surface area (Å²) in [7, 11) is 0. The van der Waals surface area contributed by atoms with Gasteiger partial charge in [0.25, 0.3) is 0 Å². The molecule has 2 aromatic rings. The molecule has 0 aliphatic carbocycles. The molecule has 0 aromatic heterocycles. The van der Waals surface area contributed by atoms with Crippen molar-refractivity contribution in [1.29, 1.82) is 0 Å². The number of hydrogen-bond acceptors (Lipinski definition) is 4. The van der Waals surface area contributed by atoms with Gasteiger partial charge in [-0.05, 0) is 73.1 Å². The van der Waals surface area contributed by atoms with Crippen molar-refractivity contribution >= 4 is 5.69 Å². The zero-order chi connectivity index (χ0) is 24.5. The van der Waals surface area contributed by atoms with Gasteiger partial charge in [-0.3, -0.25) is 0 Å². The van der Waals surface area contributed by atoms with E-state index in [1.807, 2.05) is 0 Å². The Labute approximate surface area is 206 Å². The van der Waals surface area contributed by atoms with Gasteiger partial charge in [0.05, 0.1) is 0 Å². The summed E-state index contributed by atoms with van der Waals surface area (Å²) in [4.78, 5) is 5.16. The molecule has 1 unspecified atom stereocenters. The van der Waals surface area contributed by atoms with Gasteiger partial charge in [0.15, 0.2) is 0 Å². The molecular weight excluding hydrogens is 425 g/mol. The summed E-state index contributed by atoms with van der Waals surface area (Å²) < 4.78 is 19.0. The third-order valence-electron chi connectivity index (χ3n) is 7.28. The molecule has 2 aromatic carbocycles. The van der Waals surface area contributed by atoms with E-state index in [2.05, 4.69) is 61.8 Å². The highest BCUT2D eigenvalue weighted by atomic mass is 19.1. The fourth-order valence-corrected chi connectivity index (χ4v) is 4.60. The predicted molar refractivity (Wildman–Crippen MR) is 141 cm³/mol. The van der Waals surface area contributed by atoms with Crippen molar-refractivity contribution in [3.8, 4) is 5.75 Å². The van der Waals surface area contributed by atoms with Crippen LogP contribution in [0.3, 0.4) is 0 Å². The molecular formula is C29H44FN3O. The predicted octanol–water partition coefficient (Wildman–Crippen LogP) is 6.10. The van der Waals surface area contributed by atoms with Gasteiger partial charge in [-0.15, -0.1) is 0 Å². The average molecular weight is 470 g/mol. The van der Waals surface area contributed by atoms with Crippen LogP contribution >= 0.6 is 0 Å². The molecule has 0 bridgehead atoms. The smallest absolute Gasteiger partial charge is 0.123 e. The summed E-state index contributed by atoms with van der Waals surface area (Å²) in [6.07, 6.45) is 4.68. The molecule has 1 aliphatic rings. The second kappa shape index (κ2) is 13.1. The van der Waals surface area contributed by atoms with E-state index < -0.39 is 0 Å². The van der Waals surface area contributed by atoms with E-state index in [4.69, 9.17) is 10.5 Å². The third kappa shape index (κ3) is 7.99. The first-order valence-electron chi connectivity index (χ1n) is 13.1. The highest BCUT2D eigenvalue weighted by Crippen LogP contribution is 2.27. The number of piperidine rings is 1. The second-order valence-corrected chi connectivity index (χ2v) is 10.4. The molecule has 0 saturated carbocycles. The number of nitrogens with zero attached hydrogens (tertiary/aromatic N) is 2. The molecule has 188 valence electrons. The van der Waals surface area contributed by atoms with Crippen LogP contribution in [0, 0.1) is 17.7 Å². The Bertz CT molecular complexity index is 831. The van der Waals surface area contributed by atoms with Gasteiger partial charge >= 0.3 is 0 Å². The third-order valence-corrected chi connectivity index (χ3v) is 7.28. The molecule has 1 aliphatic heterocycles. The summed E-state index contributed by atoms with van der Waals surface area (Å²) in [5.74, 6) is 1.86. The summed E-state index contributed by atoms with van der Waals surface area (Å²) in [6.45, 7) is 13.8. The molecule has 1 heterocycles. The minimum atomic E-state index is -0.223. The SMILES string of the molecule is CCC(C)[C@H](N)CN1CCC(N(CCC(C)C)c2ccc(OCc3ccc(F)cc3)cc2)CC1. The van der Waals surface area contributed by atoms with Gasteiger partial charge in [0, 0.05) is 44.0 Å². The van der Waals surface area contributed by atoms with Gasteiger partial charge in [0.2, 0.25) is 0 Å². The van der Waals surface area contributed by atoms with Gasteiger partial charge < -0.3 is 20.3 Å². The molecule has 5 heteroatoms. The number of likely N-dealkylation sites (tertiary alicyclic amines) is 1. The van der Waals surface area contributed by atoms with Crippen molar-refractivity contribution in [3.63, 3.8) is 0 Å². The van der Waals surface area contributed by atoms with Crippen molar-refractivity contribution in [2.24, 2.45) is 17.6 Å². The van der Waals surface area contributed by atoms with Crippen LogP contribution in [0.25, 0.3) is 0 Å². The standard InChI is InChI=1S/C29H44FN3O/c1-5-23(4)29(31)20-32-17-15-27(16-18-32)33(19-14-22(2)3)26-10-12-28(13-11-26)34-21-24-6-8-25(30)9-7-24/h6-13,22-23,27,29H,5,14-21,31H2,1-4H3/t23?,29-/m1/s1. The van der Waals surface area contributed by atoms with Crippen molar-refractivity contribution in [3.05, 3.63) is 59.9 Å². The number of ether oxygens (including phenoxy) is 1. The van der Waals surface area contributed by atoms with E-state index in [-0.39, 0.29) is 11.9 Å².